The van der Waals surface area contributed by atoms with Gasteiger partial charge < -0.3 is 10.6 Å². The summed E-state index contributed by atoms with van der Waals surface area (Å²) in [5, 5.41) is 0. The molecule has 0 aliphatic rings. The van der Waals surface area contributed by atoms with E-state index < -0.39 is 6.04 Å². The summed E-state index contributed by atoms with van der Waals surface area (Å²) in [5.74, 6) is -0.0700. The van der Waals surface area contributed by atoms with Gasteiger partial charge in [-0.05, 0) is 23.6 Å². The van der Waals surface area contributed by atoms with Gasteiger partial charge in [-0.1, -0.05) is 54.6 Å². The molecule has 0 bridgehead atoms. The second kappa shape index (κ2) is 6.35. The molecule has 1 atom stereocenters. The molecule has 0 aliphatic heterocycles. The molecule has 1 unspecified atom stereocenters. The Bertz CT molecular complexity index is 581. The largest absolute Gasteiger partial charge is 0.340 e. The minimum absolute atomic E-state index is 0.0700. The Morgan fingerprint density at radius 3 is 2.35 bits per heavy atom. The van der Waals surface area contributed by atoms with E-state index in [9.17, 15) is 4.79 Å². The summed E-state index contributed by atoms with van der Waals surface area (Å²) in [6, 6.07) is 16.9. The monoisotopic (exact) mass is 268 g/mol. The maximum atomic E-state index is 12.4. The van der Waals surface area contributed by atoms with Gasteiger partial charge in [-0.2, -0.15) is 0 Å². The van der Waals surface area contributed by atoms with Crippen molar-refractivity contribution in [3.8, 4) is 0 Å². The summed E-state index contributed by atoms with van der Waals surface area (Å²) >= 11 is 0. The predicted octanol–water partition coefficient (Wildman–Crippen LogP) is 2.65. The molecule has 2 rings (SSSR count). The van der Waals surface area contributed by atoms with Crippen LogP contribution in [0.2, 0.25) is 0 Å². The highest BCUT2D eigenvalue weighted by Gasteiger charge is 2.19. The molecule has 1 amide bonds. The molecule has 3 nitrogen and oxygen atoms in total. The summed E-state index contributed by atoms with van der Waals surface area (Å²) in [4.78, 5) is 14.0. The summed E-state index contributed by atoms with van der Waals surface area (Å²) in [7, 11) is 1.79. The lowest BCUT2D eigenvalue weighted by atomic mass is 10.1. The number of rotatable bonds is 4. The van der Waals surface area contributed by atoms with Crippen LogP contribution in [0.5, 0.6) is 0 Å². The molecule has 0 saturated heterocycles. The predicted molar refractivity (Wildman–Crippen MR) is 81.0 cm³/mol. The topological polar surface area (TPSA) is 46.3 Å². The van der Waals surface area contributed by atoms with Crippen molar-refractivity contribution in [2.24, 2.45) is 5.73 Å². The van der Waals surface area contributed by atoms with Crippen LogP contribution >= 0.6 is 0 Å². The van der Waals surface area contributed by atoms with Gasteiger partial charge in [0.25, 0.3) is 0 Å². The van der Waals surface area contributed by atoms with Crippen molar-refractivity contribution in [1.29, 1.82) is 0 Å². The first-order valence-corrected chi connectivity index (χ1v) is 6.69. The first kappa shape index (κ1) is 14.3. The van der Waals surface area contributed by atoms with E-state index in [0.29, 0.717) is 6.54 Å². The van der Waals surface area contributed by atoms with Gasteiger partial charge in [-0.3, -0.25) is 4.79 Å². The molecule has 104 valence electrons. The maximum absolute atomic E-state index is 12.4. The van der Waals surface area contributed by atoms with Crippen molar-refractivity contribution < 1.29 is 4.79 Å². The van der Waals surface area contributed by atoms with E-state index >= 15 is 0 Å². The number of carbonyl (C=O) groups is 1. The molecule has 0 saturated carbocycles. The second-order valence-corrected chi connectivity index (χ2v) is 5.01. The van der Waals surface area contributed by atoms with Crippen LogP contribution in [0.1, 0.15) is 22.7 Å². The molecule has 3 heteroatoms. The molecule has 0 spiro atoms. The van der Waals surface area contributed by atoms with E-state index in [0.717, 1.165) is 11.1 Å². The third-order valence-electron chi connectivity index (χ3n) is 3.47. The van der Waals surface area contributed by atoms with Gasteiger partial charge in [0, 0.05) is 13.6 Å². The second-order valence-electron chi connectivity index (χ2n) is 5.01. The number of likely N-dealkylation sites (N-methyl/N-ethyl adjacent to an activating group) is 1. The summed E-state index contributed by atoms with van der Waals surface area (Å²) < 4.78 is 0. The molecule has 2 aromatic rings. The van der Waals surface area contributed by atoms with Crippen LogP contribution in [0, 0.1) is 6.92 Å². The van der Waals surface area contributed by atoms with Crippen LogP contribution in [0.3, 0.4) is 0 Å². The number of nitrogens with zero attached hydrogens (tertiary/aromatic N) is 1. The van der Waals surface area contributed by atoms with Crippen molar-refractivity contribution in [2.45, 2.75) is 19.5 Å². The number of aryl methyl sites for hydroxylation is 1. The van der Waals surface area contributed by atoms with Gasteiger partial charge >= 0.3 is 0 Å². The van der Waals surface area contributed by atoms with E-state index in [4.69, 9.17) is 5.73 Å². The normalized spacial score (nSPS) is 11.9. The van der Waals surface area contributed by atoms with Crippen LogP contribution in [0.25, 0.3) is 0 Å². The fourth-order valence-corrected chi connectivity index (χ4v) is 2.16. The van der Waals surface area contributed by atoms with Crippen LogP contribution in [-0.4, -0.2) is 17.9 Å². The van der Waals surface area contributed by atoms with E-state index in [1.54, 1.807) is 11.9 Å². The third-order valence-corrected chi connectivity index (χ3v) is 3.47. The molecule has 0 aromatic heterocycles. The van der Waals surface area contributed by atoms with Gasteiger partial charge in [-0.25, -0.2) is 0 Å². The quantitative estimate of drug-likeness (QED) is 0.926. The van der Waals surface area contributed by atoms with E-state index in [-0.39, 0.29) is 5.91 Å². The van der Waals surface area contributed by atoms with Crippen LogP contribution in [-0.2, 0) is 11.3 Å². The van der Waals surface area contributed by atoms with Gasteiger partial charge in [-0.15, -0.1) is 0 Å². The molecule has 0 radical (unpaired) electrons. The lowest BCUT2D eigenvalue weighted by molar-refractivity contribution is -0.131. The first-order valence-electron chi connectivity index (χ1n) is 6.69. The Morgan fingerprint density at radius 1 is 1.10 bits per heavy atom. The van der Waals surface area contributed by atoms with Gasteiger partial charge in [0.1, 0.15) is 6.04 Å². The number of hydrogen-bond donors (Lipinski definition) is 1. The number of hydrogen-bond acceptors (Lipinski definition) is 2. The highest BCUT2D eigenvalue weighted by Crippen LogP contribution is 2.15. The van der Waals surface area contributed by atoms with E-state index in [1.165, 1.54) is 5.56 Å². The molecule has 0 heterocycles. The third kappa shape index (κ3) is 3.25. The Labute approximate surface area is 120 Å². The van der Waals surface area contributed by atoms with Crippen molar-refractivity contribution in [1.82, 2.24) is 4.90 Å². The molecule has 0 aliphatic carbocycles. The zero-order chi connectivity index (χ0) is 14.5. The average molecular weight is 268 g/mol. The Balaban J connectivity index is 2.08. The Kier molecular flexibility index (Phi) is 4.53. The number of nitrogens with two attached hydrogens (primary N) is 1. The van der Waals surface area contributed by atoms with Crippen molar-refractivity contribution in [3.05, 3.63) is 71.3 Å². The molecule has 2 N–H and O–H groups in total. The standard InChI is InChI=1S/C17H20N2O/c1-13-8-6-7-11-15(13)12-19(2)17(20)16(18)14-9-4-3-5-10-14/h3-11,16H,12,18H2,1-2H3. The number of benzene rings is 2. The zero-order valence-electron chi connectivity index (χ0n) is 11.9. The number of amides is 1. The fraction of sp³-hybridized carbons (Fsp3) is 0.235. The summed E-state index contributed by atoms with van der Waals surface area (Å²) in [6.07, 6.45) is 0. The minimum atomic E-state index is -0.606. The SMILES string of the molecule is Cc1ccccc1CN(C)C(=O)C(N)c1ccccc1. The Morgan fingerprint density at radius 2 is 1.70 bits per heavy atom. The van der Waals surface area contributed by atoms with Crippen LogP contribution in [0.15, 0.2) is 54.6 Å². The molecule has 2 aromatic carbocycles. The zero-order valence-corrected chi connectivity index (χ0v) is 11.9. The molecular weight excluding hydrogens is 248 g/mol. The van der Waals surface area contributed by atoms with E-state index in [2.05, 4.69) is 0 Å². The summed E-state index contributed by atoms with van der Waals surface area (Å²) in [6.45, 7) is 2.62. The average Bonchev–Trinajstić information content (AvgIpc) is 2.49. The first-order chi connectivity index (χ1) is 9.59. The minimum Gasteiger partial charge on any atom is -0.340 e. The highest BCUT2D eigenvalue weighted by atomic mass is 16.2. The lowest BCUT2D eigenvalue weighted by Crippen LogP contribution is -2.35. The number of carbonyl (C=O) groups excluding carboxylic acids is 1. The van der Waals surface area contributed by atoms with E-state index in [1.807, 2.05) is 61.5 Å². The molecular formula is C17H20N2O. The Hall–Kier alpha value is -2.13. The lowest BCUT2D eigenvalue weighted by Gasteiger charge is -2.22. The smallest absolute Gasteiger partial charge is 0.244 e. The van der Waals surface area contributed by atoms with Crippen molar-refractivity contribution >= 4 is 5.91 Å². The fourth-order valence-electron chi connectivity index (χ4n) is 2.16. The molecule has 0 fully saturated rings. The van der Waals surface area contributed by atoms with Gasteiger partial charge in [0.05, 0.1) is 0 Å². The maximum Gasteiger partial charge on any atom is 0.244 e. The van der Waals surface area contributed by atoms with Crippen molar-refractivity contribution in [3.63, 3.8) is 0 Å². The van der Waals surface area contributed by atoms with Gasteiger partial charge in [0.15, 0.2) is 0 Å². The summed E-state index contributed by atoms with van der Waals surface area (Å²) in [5.41, 5.74) is 9.20. The van der Waals surface area contributed by atoms with Gasteiger partial charge in [0.2, 0.25) is 5.91 Å². The molecule has 20 heavy (non-hydrogen) atoms. The van der Waals surface area contributed by atoms with Crippen LogP contribution < -0.4 is 5.73 Å². The van der Waals surface area contributed by atoms with Crippen LogP contribution in [0.4, 0.5) is 0 Å². The van der Waals surface area contributed by atoms with Crippen molar-refractivity contribution in [2.75, 3.05) is 7.05 Å². The highest BCUT2D eigenvalue weighted by molar-refractivity contribution is 5.82.